The van der Waals surface area contributed by atoms with Crippen LogP contribution in [0.4, 0.5) is 0 Å². The van der Waals surface area contributed by atoms with Crippen molar-refractivity contribution in [2.24, 2.45) is 0 Å². The van der Waals surface area contributed by atoms with Crippen LogP contribution < -0.4 is 0 Å². The summed E-state index contributed by atoms with van der Waals surface area (Å²) in [5.41, 5.74) is 4.14. The minimum absolute atomic E-state index is 0.0356. The van der Waals surface area contributed by atoms with Crippen LogP contribution in [0.15, 0.2) is 65.3 Å². The number of carbonyl (C=O) groups is 1. The largest absolute Gasteiger partial charge is 0.335 e. The lowest BCUT2D eigenvalue weighted by Gasteiger charge is -2.29. The van der Waals surface area contributed by atoms with Gasteiger partial charge in [0.2, 0.25) is 0 Å². The van der Waals surface area contributed by atoms with E-state index in [4.69, 9.17) is 4.52 Å². The number of rotatable bonds is 5. The van der Waals surface area contributed by atoms with Gasteiger partial charge in [0, 0.05) is 17.8 Å². The Morgan fingerprint density at radius 3 is 2.60 bits per heavy atom. The summed E-state index contributed by atoms with van der Waals surface area (Å²) in [5, 5.41) is 4.76. The van der Waals surface area contributed by atoms with Gasteiger partial charge in [-0.15, -0.1) is 0 Å². The number of fused-ring (bicyclic) bond motifs is 1. The van der Waals surface area contributed by atoms with Gasteiger partial charge in [-0.3, -0.25) is 9.78 Å². The molecule has 0 bridgehead atoms. The molecule has 6 heteroatoms. The number of nitrogens with zero attached hydrogens (tertiary/aromatic N) is 4. The summed E-state index contributed by atoms with van der Waals surface area (Å²) >= 11 is 0. The van der Waals surface area contributed by atoms with Crippen molar-refractivity contribution in [2.45, 2.75) is 38.8 Å². The van der Waals surface area contributed by atoms with Crippen LogP contribution in [0.25, 0.3) is 22.4 Å². The number of aromatic nitrogens is 3. The molecule has 5 rings (SSSR count). The summed E-state index contributed by atoms with van der Waals surface area (Å²) in [5.74, 6) is -0.0356. The van der Waals surface area contributed by atoms with Crippen LogP contribution in [0.2, 0.25) is 0 Å². The molecule has 0 saturated heterocycles. The van der Waals surface area contributed by atoms with Gasteiger partial charge in [0.15, 0.2) is 0 Å². The lowest BCUT2D eigenvalue weighted by Crippen LogP contribution is -2.36. The molecule has 1 aromatic carbocycles. The van der Waals surface area contributed by atoms with Crippen LogP contribution in [0.5, 0.6) is 0 Å². The van der Waals surface area contributed by atoms with E-state index in [1.54, 1.807) is 6.20 Å². The maximum absolute atomic E-state index is 13.9. The number of benzene rings is 1. The van der Waals surface area contributed by atoms with E-state index in [1.807, 2.05) is 73.3 Å². The molecule has 6 nitrogen and oxygen atoms in total. The third-order valence-electron chi connectivity index (χ3n) is 5.62. The summed E-state index contributed by atoms with van der Waals surface area (Å²) in [6, 6.07) is 17.6. The molecule has 1 atom stereocenters. The second kappa shape index (κ2) is 7.37. The predicted molar refractivity (Wildman–Crippen MR) is 114 cm³/mol. The minimum Gasteiger partial charge on any atom is -0.335 e. The zero-order valence-electron chi connectivity index (χ0n) is 16.9. The molecule has 0 aliphatic heterocycles. The first-order valence-electron chi connectivity index (χ1n) is 10.2. The molecule has 1 aliphatic carbocycles. The fraction of sp³-hybridized carbons (Fsp3) is 0.250. The fourth-order valence-corrected chi connectivity index (χ4v) is 3.94. The van der Waals surface area contributed by atoms with Crippen molar-refractivity contribution in [1.82, 2.24) is 20.0 Å². The molecule has 30 heavy (non-hydrogen) atoms. The van der Waals surface area contributed by atoms with Crippen molar-refractivity contribution >= 4 is 17.0 Å². The average Bonchev–Trinajstić information content (AvgIpc) is 3.56. The van der Waals surface area contributed by atoms with Crippen LogP contribution in [0.1, 0.15) is 47.6 Å². The lowest BCUT2D eigenvalue weighted by atomic mass is 10.0. The molecule has 150 valence electrons. The highest BCUT2D eigenvalue weighted by atomic mass is 16.5. The van der Waals surface area contributed by atoms with Gasteiger partial charge in [-0.05, 0) is 44.9 Å². The monoisotopic (exact) mass is 398 g/mol. The van der Waals surface area contributed by atoms with Gasteiger partial charge >= 0.3 is 0 Å². The van der Waals surface area contributed by atoms with Crippen LogP contribution in [0, 0.1) is 6.92 Å². The van der Waals surface area contributed by atoms with Gasteiger partial charge in [-0.25, -0.2) is 4.98 Å². The first-order valence-corrected chi connectivity index (χ1v) is 10.2. The Morgan fingerprint density at radius 2 is 1.90 bits per heavy atom. The number of hydrogen-bond donors (Lipinski definition) is 0. The van der Waals surface area contributed by atoms with E-state index in [1.165, 1.54) is 0 Å². The molecule has 0 N–H and O–H groups in total. The normalized spacial score (nSPS) is 14.6. The zero-order chi connectivity index (χ0) is 20.7. The molecule has 3 heterocycles. The van der Waals surface area contributed by atoms with Gasteiger partial charge < -0.3 is 9.42 Å². The number of carbonyl (C=O) groups excluding carboxylic acids is 1. The van der Waals surface area contributed by atoms with Crippen LogP contribution in [-0.2, 0) is 0 Å². The zero-order valence-corrected chi connectivity index (χ0v) is 16.9. The van der Waals surface area contributed by atoms with E-state index in [0.717, 1.165) is 24.1 Å². The summed E-state index contributed by atoms with van der Waals surface area (Å²) < 4.78 is 5.46. The van der Waals surface area contributed by atoms with Gasteiger partial charge in [-0.2, -0.15) is 0 Å². The van der Waals surface area contributed by atoms with Crippen LogP contribution in [0.3, 0.4) is 0 Å². The Kier molecular flexibility index (Phi) is 4.54. The Bertz CT molecular complexity index is 1200. The fourth-order valence-electron chi connectivity index (χ4n) is 3.94. The Balaban J connectivity index is 1.63. The molecule has 1 aliphatic rings. The average molecular weight is 398 g/mol. The van der Waals surface area contributed by atoms with Crippen molar-refractivity contribution in [2.75, 3.05) is 0 Å². The quantitative estimate of drug-likeness (QED) is 0.475. The van der Waals surface area contributed by atoms with E-state index in [-0.39, 0.29) is 18.0 Å². The first-order chi connectivity index (χ1) is 14.6. The standard InChI is InChI=1S/C24H22N4O2/c1-15-22-19(14-21(26-23(22)30-27-15)17-8-4-3-5-9-17)24(29)28(18-11-12-18)16(2)20-10-6-7-13-25-20/h3-10,13-14,16,18H,11-12H2,1-2H3. The summed E-state index contributed by atoms with van der Waals surface area (Å²) in [6.45, 7) is 3.88. The second-order valence-electron chi connectivity index (χ2n) is 7.74. The molecule has 1 amide bonds. The molecular weight excluding hydrogens is 376 g/mol. The lowest BCUT2D eigenvalue weighted by molar-refractivity contribution is 0.0672. The van der Waals surface area contributed by atoms with Crippen molar-refractivity contribution in [3.63, 3.8) is 0 Å². The predicted octanol–water partition coefficient (Wildman–Crippen LogP) is 4.96. The molecule has 1 fully saturated rings. The van der Waals surface area contributed by atoms with Gasteiger partial charge in [0.25, 0.3) is 11.6 Å². The third-order valence-corrected chi connectivity index (χ3v) is 5.62. The van der Waals surface area contributed by atoms with E-state index < -0.39 is 0 Å². The van der Waals surface area contributed by atoms with Crippen molar-refractivity contribution in [1.29, 1.82) is 0 Å². The molecule has 4 aromatic rings. The smallest absolute Gasteiger partial charge is 0.259 e. The third kappa shape index (κ3) is 3.24. The highest BCUT2D eigenvalue weighted by Crippen LogP contribution is 2.37. The summed E-state index contributed by atoms with van der Waals surface area (Å²) in [4.78, 5) is 25.0. The number of pyridine rings is 2. The maximum Gasteiger partial charge on any atom is 0.259 e. The van der Waals surface area contributed by atoms with Crippen LogP contribution in [-0.4, -0.2) is 32.0 Å². The number of aryl methyl sites for hydroxylation is 1. The Labute approximate surface area is 174 Å². The highest BCUT2D eigenvalue weighted by molar-refractivity contribution is 6.07. The van der Waals surface area contributed by atoms with Crippen molar-refractivity contribution in [3.8, 4) is 11.3 Å². The molecule has 1 saturated carbocycles. The Morgan fingerprint density at radius 1 is 1.13 bits per heavy atom. The molecule has 0 spiro atoms. The second-order valence-corrected chi connectivity index (χ2v) is 7.74. The number of amides is 1. The van der Waals surface area contributed by atoms with Crippen LogP contribution >= 0.6 is 0 Å². The molecular formula is C24H22N4O2. The van der Waals surface area contributed by atoms with E-state index in [9.17, 15) is 4.79 Å². The molecule has 1 unspecified atom stereocenters. The van der Waals surface area contributed by atoms with Crippen molar-refractivity contribution in [3.05, 3.63) is 77.7 Å². The van der Waals surface area contributed by atoms with E-state index in [2.05, 4.69) is 15.1 Å². The molecule has 0 radical (unpaired) electrons. The van der Waals surface area contributed by atoms with Gasteiger partial charge in [-0.1, -0.05) is 41.6 Å². The maximum atomic E-state index is 13.9. The Hall–Kier alpha value is -3.54. The van der Waals surface area contributed by atoms with Crippen molar-refractivity contribution < 1.29 is 9.32 Å². The highest BCUT2D eigenvalue weighted by Gasteiger charge is 2.38. The molecule has 3 aromatic heterocycles. The van der Waals surface area contributed by atoms with Gasteiger partial charge in [0.1, 0.15) is 0 Å². The van der Waals surface area contributed by atoms with E-state index >= 15 is 0 Å². The first kappa shape index (κ1) is 18.5. The SMILES string of the molecule is Cc1noc2nc(-c3ccccc3)cc(C(=O)N(C3CC3)C(C)c3ccccn3)c12. The van der Waals surface area contributed by atoms with Gasteiger partial charge in [0.05, 0.1) is 34.1 Å². The topological polar surface area (TPSA) is 72.1 Å². The number of hydrogen-bond acceptors (Lipinski definition) is 5. The minimum atomic E-state index is -0.130. The van der Waals surface area contributed by atoms with E-state index in [0.29, 0.717) is 28.1 Å². The summed E-state index contributed by atoms with van der Waals surface area (Å²) in [7, 11) is 0. The summed E-state index contributed by atoms with van der Waals surface area (Å²) in [6.07, 6.45) is 3.78.